The maximum absolute atomic E-state index is 12.1. The van der Waals surface area contributed by atoms with Gasteiger partial charge in [-0.2, -0.15) is 0 Å². The second-order valence-electron chi connectivity index (χ2n) is 6.55. The van der Waals surface area contributed by atoms with E-state index in [4.69, 9.17) is 10.2 Å². The first-order chi connectivity index (χ1) is 14.9. The third-order valence-corrected chi connectivity index (χ3v) is 6.35. The number of carbonyl (C=O) groups excluding carboxylic acids is 2. The molecule has 0 aliphatic carbocycles. The summed E-state index contributed by atoms with van der Waals surface area (Å²) in [5.41, 5.74) is 7.84. The average molecular weight is 458 g/mol. The van der Waals surface area contributed by atoms with Crippen LogP contribution in [0.5, 0.6) is 0 Å². The molecule has 0 fully saturated rings. The number of hydrogen-bond donors (Lipinski definition) is 3. The largest absolute Gasteiger partial charge is 0.440 e. The Labute approximate surface area is 188 Å². The quantitative estimate of drug-likeness (QED) is 0.312. The predicted molar refractivity (Wildman–Crippen MR) is 125 cm³/mol. The van der Waals surface area contributed by atoms with E-state index < -0.39 is 0 Å². The molecule has 0 radical (unpaired) electrons. The number of anilines is 3. The van der Waals surface area contributed by atoms with Crippen LogP contribution < -0.4 is 16.4 Å². The predicted octanol–water partition coefficient (Wildman–Crippen LogP) is 4.79. The fourth-order valence-electron chi connectivity index (χ4n) is 2.45. The highest BCUT2D eigenvalue weighted by Crippen LogP contribution is 2.31. The molecule has 4 N–H and O–H groups in total. The smallest absolute Gasteiger partial charge is 0.226 e. The Morgan fingerprint density at radius 3 is 2.65 bits per heavy atom. The van der Waals surface area contributed by atoms with E-state index in [9.17, 15) is 9.59 Å². The fraction of sp³-hybridized carbons (Fsp3) is 0.238. The van der Waals surface area contributed by atoms with Crippen LogP contribution in [0.25, 0.3) is 5.57 Å². The molecule has 2 aromatic heterocycles. The lowest BCUT2D eigenvalue weighted by Gasteiger charge is -2.07. The number of hydrogen-bond acceptors (Lipinski definition) is 8. The molecule has 2 amide bonds. The molecule has 0 bridgehead atoms. The number of benzene rings is 1. The van der Waals surface area contributed by atoms with Gasteiger partial charge in [0.2, 0.25) is 17.7 Å². The van der Waals surface area contributed by atoms with Crippen molar-refractivity contribution in [3.05, 3.63) is 54.4 Å². The van der Waals surface area contributed by atoms with E-state index in [0.29, 0.717) is 28.1 Å². The molecular weight excluding hydrogens is 434 g/mol. The van der Waals surface area contributed by atoms with Gasteiger partial charge in [0.1, 0.15) is 5.76 Å². The number of nitrogens with zero attached hydrogens (tertiary/aromatic N) is 2. The van der Waals surface area contributed by atoms with Gasteiger partial charge in [-0.25, -0.2) is 9.97 Å². The number of para-hydroxylation sites is 2. The second-order valence-corrected chi connectivity index (χ2v) is 8.85. The standard InChI is InChI=1S/C21H23N5O3S2/c1-3-13(2)16-10-23-19(29-16)12-30-20-11-24-21(31-20)26-18(28)9-8-17(27)25-15-7-5-4-6-14(15)22/h3-7,10-11H,8-9,12,22H2,1-2H3,(H,25,27)(H,24,26,28)/b13-3-. The molecule has 2 heterocycles. The maximum atomic E-state index is 12.1. The summed E-state index contributed by atoms with van der Waals surface area (Å²) in [6, 6.07) is 6.97. The first-order valence-electron chi connectivity index (χ1n) is 9.55. The van der Waals surface area contributed by atoms with Crippen LogP contribution in [-0.4, -0.2) is 21.8 Å². The van der Waals surface area contributed by atoms with Gasteiger partial charge < -0.3 is 20.8 Å². The molecule has 3 rings (SSSR count). The Kier molecular flexibility index (Phi) is 7.85. The van der Waals surface area contributed by atoms with E-state index in [-0.39, 0.29) is 24.7 Å². The van der Waals surface area contributed by atoms with Crippen LogP contribution in [0.15, 0.2) is 51.4 Å². The number of thioether (sulfide) groups is 1. The van der Waals surface area contributed by atoms with Crippen molar-refractivity contribution in [2.45, 2.75) is 36.7 Å². The Balaban J connectivity index is 1.42. The summed E-state index contributed by atoms with van der Waals surface area (Å²) in [5, 5.41) is 5.91. The number of amides is 2. The average Bonchev–Trinajstić information content (AvgIpc) is 3.41. The summed E-state index contributed by atoms with van der Waals surface area (Å²) in [6.07, 6.45) is 5.47. The molecule has 0 spiro atoms. The Bertz CT molecular complexity index is 1090. The highest BCUT2D eigenvalue weighted by atomic mass is 32.2. The highest BCUT2D eigenvalue weighted by molar-refractivity contribution is 8.00. The van der Waals surface area contributed by atoms with Gasteiger partial charge in [-0.05, 0) is 31.6 Å². The molecule has 0 unspecified atom stereocenters. The van der Waals surface area contributed by atoms with Crippen LogP contribution in [0, 0.1) is 0 Å². The van der Waals surface area contributed by atoms with Gasteiger partial charge in [0.15, 0.2) is 5.13 Å². The molecule has 0 saturated carbocycles. The molecule has 10 heteroatoms. The van der Waals surface area contributed by atoms with Crippen molar-refractivity contribution in [1.29, 1.82) is 0 Å². The summed E-state index contributed by atoms with van der Waals surface area (Å²) in [7, 11) is 0. The molecule has 31 heavy (non-hydrogen) atoms. The molecular formula is C21H23N5O3S2. The van der Waals surface area contributed by atoms with Crippen LogP contribution >= 0.6 is 23.1 Å². The van der Waals surface area contributed by atoms with Crippen molar-refractivity contribution >= 4 is 57.0 Å². The monoisotopic (exact) mass is 457 g/mol. The molecule has 3 aromatic rings. The van der Waals surface area contributed by atoms with Crippen molar-refractivity contribution in [2.24, 2.45) is 0 Å². The van der Waals surface area contributed by atoms with E-state index in [1.165, 1.54) is 23.1 Å². The van der Waals surface area contributed by atoms with Gasteiger partial charge in [0.05, 0.1) is 33.7 Å². The Morgan fingerprint density at radius 1 is 1.16 bits per heavy atom. The van der Waals surface area contributed by atoms with E-state index in [2.05, 4.69) is 20.6 Å². The third-order valence-electron chi connectivity index (χ3n) is 4.26. The zero-order chi connectivity index (χ0) is 22.2. The number of oxazole rings is 1. The minimum Gasteiger partial charge on any atom is -0.440 e. The second kappa shape index (κ2) is 10.8. The topological polar surface area (TPSA) is 123 Å². The number of carbonyl (C=O) groups is 2. The summed E-state index contributed by atoms with van der Waals surface area (Å²) >= 11 is 2.89. The lowest BCUT2D eigenvalue weighted by molar-refractivity contribution is -0.121. The zero-order valence-electron chi connectivity index (χ0n) is 17.2. The number of nitrogen functional groups attached to an aromatic ring is 1. The summed E-state index contributed by atoms with van der Waals surface area (Å²) < 4.78 is 6.63. The van der Waals surface area contributed by atoms with Gasteiger partial charge >= 0.3 is 0 Å². The first kappa shape index (κ1) is 22.6. The third kappa shape index (κ3) is 6.69. The number of allylic oxidation sites excluding steroid dienone is 2. The van der Waals surface area contributed by atoms with Gasteiger partial charge in [0.25, 0.3) is 0 Å². The van der Waals surface area contributed by atoms with Crippen molar-refractivity contribution in [3.8, 4) is 0 Å². The minimum atomic E-state index is -0.277. The number of rotatable bonds is 9. The number of nitrogens with one attached hydrogen (secondary N) is 2. The molecule has 1 aromatic carbocycles. The number of thiazole rings is 1. The number of nitrogens with two attached hydrogens (primary N) is 1. The minimum absolute atomic E-state index is 0.0457. The highest BCUT2D eigenvalue weighted by Gasteiger charge is 2.12. The fourth-order valence-corrected chi connectivity index (χ4v) is 4.19. The van der Waals surface area contributed by atoms with Crippen molar-refractivity contribution in [3.63, 3.8) is 0 Å². The lowest BCUT2D eigenvalue weighted by atomic mass is 10.2. The van der Waals surface area contributed by atoms with Crippen molar-refractivity contribution in [1.82, 2.24) is 9.97 Å². The van der Waals surface area contributed by atoms with Gasteiger partial charge in [-0.3, -0.25) is 9.59 Å². The van der Waals surface area contributed by atoms with Crippen LogP contribution in [-0.2, 0) is 15.3 Å². The lowest BCUT2D eigenvalue weighted by Crippen LogP contribution is -2.17. The zero-order valence-corrected chi connectivity index (χ0v) is 18.8. The molecule has 0 aliphatic heterocycles. The van der Waals surface area contributed by atoms with Crippen molar-refractivity contribution in [2.75, 3.05) is 16.4 Å². The molecule has 0 aliphatic rings. The Morgan fingerprint density at radius 2 is 1.90 bits per heavy atom. The van der Waals surface area contributed by atoms with Gasteiger partial charge in [-0.15, -0.1) is 11.8 Å². The van der Waals surface area contributed by atoms with Crippen LogP contribution in [0.2, 0.25) is 0 Å². The normalized spacial score (nSPS) is 11.4. The van der Waals surface area contributed by atoms with E-state index in [0.717, 1.165) is 15.5 Å². The summed E-state index contributed by atoms with van der Waals surface area (Å²) in [5.74, 6) is 1.40. The maximum Gasteiger partial charge on any atom is 0.226 e. The van der Waals surface area contributed by atoms with Crippen LogP contribution in [0.4, 0.5) is 16.5 Å². The first-order valence-corrected chi connectivity index (χ1v) is 11.4. The molecule has 8 nitrogen and oxygen atoms in total. The number of aromatic nitrogens is 2. The summed E-state index contributed by atoms with van der Waals surface area (Å²) in [6.45, 7) is 3.92. The van der Waals surface area contributed by atoms with Crippen molar-refractivity contribution < 1.29 is 14.0 Å². The van der Waals surface area contributed by atoms with Crippen LogP contribution in [0.3, 0.4) is 0 Å². The molecule has 162 valence electrons. The summed E-state index contributed by atoms with van der Waals surface area (Å²) in [4.78, 5) is 32.6. The van der Waals surface area contributed by atoms with Crippen LogP contribution in [0.1, 0.15) is 38.3 Å². The van der Waals surface area contributed by atoms with E-state index in [1.54, 1.807) is 36.7 Å². The Hall–Kier alpha value is -3.11. The van der Waals surface area contributed by atoms with Gasteiger partial charge in [0, 0.05) is 12.8 Å². The van der Waals surface area contributed by atoms with Gasteiger partial charge in [-0.1, -0.05) is 29.5 Å². The molecule has 0 saturated heterocycles. The SMILES string of the molecule is C/C=C(/C)c1cnc(CSc2cnc(NC(=O)CCC(=O)Nc3ccccc3N)s2)o1. The molecule has 0 atom stereocenters. The van der Waals surface area contributed by atoms with E-state index >= 15 is 0 Å². The van der Waals surface area contributed by atoms with E-state index in [1.807, 2.05) is 19.9 Å².